The molecule has 138 valence electrons. The minimum atomic E-state index is -3.55. The molecule has 0 bridgehead atoms. The maximum atomic E-state index is 13.0. The standard InChI is InChI=1S/C18H27N3O3S/c1-13-5-8-16(25(23,24)20-15-6-7-15)10-17(13)18(22)21-9-3-4-14(12-21)11-19-2/h5,8,10,14-15,19-20H,3-4,6-7,9,11-12H2,1-2H3. The Balaban J connectivity index is 1.81. The van der Waals surface area contributed by atoms with E-state index < -0.39 is 10.0 Å². The van der Waals surface area contributed by atoms with Gasteiger partial charge in [-0.3, -0.25) is 4.79 Å². The highest BCUT2D eigenvalue weighted by atomic mass is 32.2. The first-order chi connectivity index (χ1) is 11.9. The van der Waals surface area contributed by atoms with E-state index in [0.717, 1.165) is 50.9 Å². The molecule has 0 aromatic heterocycles. The van der Waals surface area contributed by atoms with Gasteiger partial charge in [0.05, 0.1) is 4.90 Å². The molecular formula is C18H27N3O3S. The van der Waals surface area contributed by atoms with Crippen LogP contribution in [-0.2, 0) is 10.0 Å². The van der Waals surface area contributed by atoms with Gasteiger partial charge in [0.2, 0.25) is 10.0 Å². The average molecular weight is 365 g/mol. The van der Waals surface area contributed by atoms with Gasteiger partial charge in [0, 0.05) is 24.7 Å². The van der Waals surface area contributed by atoms with E-state index in [4.69, 9.17) is 0 Å². The molecule has 1 unspecified atom stereocenters. The second-order valence-corrected chi connectivity index (χ2v) is 8.90. The molecule has 1 aromatic carbocycles. The number of hydrogen-bond acceptors (Lipinski definition) is 4. The van der Waals surface area contributed by atoms with E-state index in [2.05, 4.69) is 10.0 Å². The zero-order chi connectivity index (χ0) is 18.0. The summed E-state index contributed by atoms with van der Waals surface area (Å²) in [5.74, 6) is 0.383. The molecule has 6 nitrogen and oxygen atoms in total. The van der Waals surface area contributed by atoms with Gasteiger partial charge in [-0.05, 0) is 69.8 Å². The lowest BCUT2D eigenvalue weighted by Gasteiger charge is -2.33. The summed E-state index contributed by atoms with van der Waals surface area (Å²) in [6.45, 7) is 4.20. The zero-order valence-electron chi connectivity index (χ0n) is 14.9. The Morgan fingerprint density at radius 3 is 2.72 bits per heavy atom. The third-order valence-corrected chi connectivity index (χ3v) is 6.47. The minimum Gasteiger partial charge on any atom is -0.338 e. The fraction of sp³-hybridized carbons (Fsp3) is 0.611. The van der Waals surface area contributed by atoms with Crippen molar-refractivity contribution in [3.63, 3.8) is 0 Å². The highest BCUT2D eigenvalue weighted by Crippen LogP contribution is 2.25. The van der Waals surface area contributed by atoms with Crippen molar-refractivity contribution in [1.82, 2.24) is 14.9 Å². The summed E-state index contributed by atoms with van der Waals surface area (Å²) >= 11 is 0. The van der Waals surface area contributed by atoms with E-state index in [0.29, 0.717) is 11.5 Å². The van der Waals surface area contributed by atoms with Gasteiger partial charge in [0.25, 0.3) is 5.91 Å². The summed E-state index contributed by atoms with van der Waals surface area (Å²) in [6.07, 6.45) is 3.87. The number of aryl methyl sites for hydroxylation is 1. The molecule has 1 saturated carbocycles. The first kappa shape index (κ1) is 18.4. The summed E-state index contributed by atoms with van der Waals surface area (Å²) in [6, 6.07) is 4.89. The largest absolute Gasteiger partial charge is 0.338 e. The van der Waals surface area contributed by atoms with E-state index in [9.17, 15) is 13.2 Å². The molecule has 1 heterocycles. The molecule has 1 amide bonds. The highest BCUT2D eigenvalue weighted by molar-refractivity contribution is 7.89. The average Bonchev–Trinajstić information content (AvgIpc) is 3.38. The Labute approximate surface area is 150 Å². The van der Waals surface area contributed by atoms with Crippen molar-refractivity contribution in [3.05, 3.63) is 29.3 Å². The maximum Gasteiger partial charge on any atom is 0.254 e. The molecule has 1 saturated heterocycles. The summed E-state index contributed by atoms with van der Waals surface area (Å²) in [5.41, 5.74) is 1.30. The van der Waals surface area contributed by atoms with E-state index in [-0.39, 0.29) is 16.8 Å². The van der Waals surface area contributed by atoms with Crippen LogP contribution in [0.1, 0.15) is 41.6 Å². The van der Waals surface area contributed by atoms with Crippen LogP contribution in [0, 0.1) is 12.8 Å². The number of likely N-dealkylation sites (tertiary alicyclic amines) is 1. The van der Waals surface area contributed by atoms with Crippen molar-refractivity contribution in [1.29, 1.82) is 0 Å². The van der Waals surface area contributed by atoms with Crippen molar-refractivity contribution in [2.45, 2.75) is 43.5 Å². The Kier molecular flexibility index (Phi) is 5.46. The summed E-state index contributed by atoms with van der Waals surface area (Å²) in [4.78, 5) is 15.0. The number of rotatable bonds is 6. The molecule has 0 radical (unpaired) electrons. The summed E-state index contributed by atoms with van der Waals surface area (Å²) < 4.78 is 27.6. The second kappa shape index (κ2) is 7.43. The molecule has 3 rings (SSSR count). The lowest BCUT2D eigenvalue weighted by Crippen LogP contribution is -2.42. The van der Waals surface area contributed by atoms with Crippen LogP contribution >= 0.6 is 0 Å². The molecule has 1 atom stereocenters. The maximum absolute atomic E-state index is 13.0. The van der Waals surface area contributed by atoms with Gasteiger partial charge >= 0.3 is 0 Å². The third kappa shape index (κ3) is 4.40. The Morgan fingerprint density at radius 2 is 2.04 bits per heavy atom. The monoisotopic (exact) mass is 365 g/mol. The van der Waals surface area contributed by atoms with E-state index in [1.54, 1.807) is 12.1 Å². The van der Waals surface area contributed by atoms with Gasteiger partial charge in [0.15, 0.2) is 0 Å². The molecule has 2 fully saturated rings. The van der Waals surface area contributed by atoms with Crippen molar-refractivity contribution in [2.75, 3.05) is 26.7 Å². The molecule has 0 spiro atoms. The van der Waals surface area contributed by atoms with Crippen molar-refractivity contribution < 1.29 is 13.2 Å². The zero-order valence-corrected chi connectivity index (χ0v) is 15.7. The molecule has 1 aromatic rings. The van der Waals surface area contributed by atoms with Crippen LogP contribution in [0.3, 0.4) is 0 Å². The van der Waals surface area contributed by atoms with Crippen LogP contribution in [0.25, 0.3) is 0 Å². The number of benzene rings is 1. The Hall–Kier alpha value is -1.44. The van der Waals surface area contributed by atoms with Crippen molar-refractivity contribution in [3.8, 4) is 0 Å². The van der Waals surface area contributed by atoms with Crippen LogP contribution in [0.2, 0.25) is 0 Å². The molecule has 2 N–H and O–H groups in total. The number of amides is 1. The molecule has 1 aliphatic heterocycles. The topological polar surface area (TPSA) is 78.5 Å². The normalized spacial score (nSPS) is 21.4. The number of nitrogens with one attached hydrogen (secondary N) is 2. The fourth-order valence-corrected chi connectivity index (χ4v) is 4.69. The molecule has 2 aliphatic rings. The van der Waals surface area contributed by atoms with E-state index >= 15 is 0 Å². The van der Waals surface area contributed by atoms with Gasteiger partial charge in [-0.25, -0.2) is 13.1 Å². The Bertz CT molecular complexity index is 742. The van der Waals surface area contributed by atoms with E-state index in [1.165, 1.54) is 6.07 Å². The Morgan fingerprint density at radius 1 is 1.28 bits per heavy atom. The van der Waals surface area contributed by atoms with E-state index in [1.807, 2.05) is 18.9 Å². The minimum absolute atomic E-state index is 0.0508. The molecular weight excluding hydrogens is 338 g/mol. The number of piperidine rings is 1. The second-order valence-electron chi connectivity index (χ2n) is 7.19. The van der Waals surface area contributed by atoms with Crippen molar-refractivity contribution >= 4 is 15.9 Å². The quantitative estimate of drug-likeness (QED) is 0.801. The smallest absolute Gasteiger partial charge is 0.254 e. The molecule has 1 aliphatic carbocycles. The highest BCUT2D eigenvalue weighted by Gasteiger charge is 2.30. The first-order valence-corrected chi connectivity index (χ1v) is 10.5. The lowest BCUT2D eigenvalue weighted by molar-refractivity contribution is 0.0673. The summed E-state index contributed by atoms with van der Waals surface area (Å²) in [7, 11) is -1.63. The van der Waals surface area contributed by atoms with Gasteiger partial charge in [0.1, 0.15) is 0 Å². The number of nitrogens with zero attached hydrogens (tertiary/aromatic N) is 1. The van der Waals surface area contributed by atoms with Gasteiger partial charge in [-0.2, -0.15) is 0 Å². The summed E-state index contributed by atoms with van der Waals surface area (Å²) in [5, 5.41) is 3.18. The van der Waals surface area contributed by atoms with Crippen LogP contribution in [0.5, 0.6) is 0 Å². The van der Waals surface area contributed by atoms with Gasteiger partial charge in [-0.1, -0.05) is 6.07 Å². The van der Waals surface area contributed by atoms with Gasteiger partial charge in [-0.15, -0.1) is 0 Å². The number of hydrogen-bond donors (Lipinski definition) is 2. The van der Waals surface area contributed by atoms with Crippen LogP contribution in [0.4, 0.5) is 0 Å². The van der Waals surface area contributed by atoms with Crippen LogP contribution < -0.4 is 10.0 Å². The van der Waals surface area contributed by atoms with Crippen molar-refractivity contribution in [2.24, 2.45) is 5.92 Å². The molecule has 7 heteroatoms. The fourth-order valence-electron chi connectivity index (χ4n) is 3.36. The number of sulfonamides is 1. The predicted molar refractivity (Wildman–Crippen MR) is 97.1 cm³/mol. The number of carbonyl (C=O) groups excluding carboxylic acids is 1. The number of carbonyl (C=O) groups is 1. The van der Waals surface area contributed by atoms with Crippen LogP contribution in [-0.4, -0.2) is 51.9 Å². The third-order valence-electron chi connectivity index (χ3n) is 4.95. The lowest BCUT2D eigenvalue weighted by atomic mass is 9.97. The molecule has 25 heavy (non-hydrogen) atoms. The first-order valence-electron chi connectivity index (χ1n) is 8.97. The predicted octanol–water partition coefficient (Wildman–Crippen LogP) is 1.51. The van der Waals surface area contributed by atoms with Gasteiger partial charge < -0.3 is 10.2 Å². The SMILES string of the molecule is CNCC1CCCN(C(=O)c2cc(S(=O)(=O)NC3CC3)ccc2C)C1. The van der Waals surface area contributed by atoms with Crippen LogP contribution in [0.15, 0.2) is 23.1 Å².